The van der Waals surface area contributed by atoms with Crippen LogP contribution in [-0.4, -0.2) is 4.57 Å². The van der Waals surface area contributed by atoms with Crippen LogP contribution in [0.5, 0.6) is 0 Å². The molecule has 3 nitrogen and oxygen atoms in total. The molecule has 0 atom stereocenters. The second-order valence-electron chi connectivity index (χ2n) is 17.9. The van der Waals surface area contributed by atoms with Gasteiger partial charge in [-0.05, 0) is 115 Å². The maximum Gasteiger partial charge on any atom is 0.137 e. The van der Waals surface area contributed by atoms with Gasteiger partial charge in [-0.25, -0.2) is 0 Å². The lowest BCUT2D eigenvalue weighted by Crippen LogP contribution is -2.32. The van der Waals surface area contributed by atoms with Crippen molar-refractivity contribution in [3.63, 3.8) is 0 Å². The van der Waals surface area contributed by atoms with Gasteiger partial charge in [0, 0.05) is 50.1 Å². The standard InChI is InChI=1S/C63H38N2O/c1-2-18-44-39(14-1)15-13-28-57(44)64(42-31-34-49-48-21-5-9-27-58(48)65(59(49)37-42)43-32-35-51-50-22-6-10-29-60(50)66-61(51)38-43)41-30-33-47-52-23-11-16-40-17-12-26-55(62(40)52)63(56(47)36-41)53-24-7-3-19-45(53)46-20-4-8-25-54(46)63/h1-38H. The number of nitrogens with zero attached hydrogens (tertiary/aromatic N) is 2. The fourth-order valence-electron chi connectivity index (χ4n) is 12.1. The van der Waals surface area contributed by atoms with Gasteiger partial charge in [0.1, 0.15) is 11.2 Å². The topological polar surface area (TPSA) is 21.3 Å². The van der Waals surface area contributed by atoms with Crippen LogP contribution in [0.15, 0.2) is 235 Å². The minimum Gasteiger partial charge on any atom is -0.456 e. The van der Waals surface area contributed by atoms with Crippen molar-refractivity contribution in [1.29, 1.82) is 0 Å². The van der Waals surface area contributed by atoms with Crippen LogP contribution in [-0.2, 0) is 5.41 Å². The Balaban J connectivity index is 1.03. The third-order valence-corrected chi connectivity index (χ3v) is 14.8. The molecule has 0 radical (unpaired) electrons. The van der Waals surface area contributed by atoms with Crippen LogP contribution < -0.4 is 4.90 Å². The zero-order valence-electron chi connectivity index (χ0n) is 35.7. The van der Waals surface area contributed by atoms with Crippen LogP contribution in [0.25, 0.3) is 93.2 Å². The summed E-state index contributed by atoms with van der Waals surface area (Å²) in [6.45, 7) is 0. The molecule has 2 aliphatic carbocycles. The maximum absolute atomic E-state index is 6.48. The zero-order valence-corrected chi connectivity index (χ0v) is 35.7. The maximum atomic E-state index is 6.48. The van der Waals surface area contributed by atoms with Gasteiger partial charge in [-0.2, -0.15) is 0 Å². The predicted molar refractivity (Wildman–Crippen MR) is 274 cm³/mol. The van der Waals surface area contributed by atoms with Crippen LogP contribution in [0, 0.1) is 0 Å². The molecule has 11 aromatic carbocycles. The van der Waals surface area contributed by atoms with Gasteiger partial charge in [0.2, 0.25) is 0 Å². The number of para-hydroxylation sites is 2. The van der Waals surface area contributed by atoms with Crippen molar-refractivity contribution >= 4 is 82.4 Å². The van der Waals surface area contributed by atoms with E-state index in [4.69, 9.17) is 4.42 Å². The number of hydrogen-bond donors (Lipinski definition) is 0. The molecule has 0 saturated carbocycles. The molecule has 15 rings (SSSR count). The number of benzene rings is 11. The molecule has 0 amide bonds. The number of hydrogen-bond acceptors (Lipinski definition) is 2. The van der Waals surface area contributed by atoms with Crippen molar-refractivity contribution in [3.05, 3.63) is 253 Å². The van der Waals surface area contributed by atoms with Gasteiger partial charge in [0.05, 0.1) is 22.1 Å². The molecule has 0 unspecified atom stereocenters. The minimum atomic E-state index is -0.539. The fraction of sp³-hybridized carbons (Fsp3) is 0.0159. The van der Waals surface area contributed by atoms with E-state index in [1.165, 1.54) is 76.8 Å². The highest BCUT2D eigenvalue weighted by molar-refractivity contribution is 6.13. The summed E-state index contributed by atoms with van der Waals surface area (Å²) in [6.07, 6.45) is 0. The third-order valence-electron chi connectivity index (χ3n) is 14.8. The lowest BCUT2D eigenvalue weighted by atomic mass is 9.61. The lowest BCUT2D eigenvalue weighted by Gasteiger charge is -2.41. The molecule has 0 bridgehead atoms. The fourth-order valence-corrected chi connectivity index (χ4v) is 12.1. The summed E-state index contributed by atoms with van der Waals surface area (Å²) in [7, 11) is 0. The van der Waals surface area contributed by atoms with Gasteiger partial charge in [0.15, 0.2) is 0 Å². The highest BCUT2D eigenvalue weighted by Gasteiger charge is 2.50. The van der Waals surface area contributed by atoms with E-state index in [1.807, 2.05) is 6.07 Å². The van der Waals surface area contributed by atoms with Crippen molar-refractivity contribution in [2.75, 3.05) is 4.90 Å². The minimum absolute atomic E-state index is 0.539. The Morgan fingerprint density at radius 1 is 0.348 bits per heavy atom. The zero-order chi connectivity index (χ0) is 43.1. The molecule has 0 N–H and O–H groups in total. The van der Waals surface area contributed by atoms with Gasteiger partial charge < -0.3 is 13.9 Å². The molecule has 1 spiro atoms. The molecule has 13 aromatic rings. The third kappa shape index (κ3) is 4.66. The van der Waals surface area contributed by atoms with Crippen LogP contribution >= 0.6 is 0 Å². The highest BCUT2D eigenvalue weighted by atomic mass is 16.3. The van der Waals surface area contributed by atoms with Crippen molar-refractivity contribution < 1.29 is 4.42 Å². The Morgan fingerprint density at radius 2 is 0.924 bits per heavy atom. The van der Waals surface area contributed by atoms with Crippen LogP contribution in [0.1, 0.15) is 22.3 Å². The predicted octanol–water partition coefficient (Wildman–Crippen LogP) is 16.8. The van der Waals surface area contributed by atoms with Gasteiger partial charge in [-0.3, -0.25) is 0 Å². The first-order valence-corrected chi connectivity index (χ1v) is 22.8. The lowest BCUT2D eigenvalue weighted by molar-refractivity contribution is 0.668. The van der Waals surface area contributed by atoms with E-state index in [0.717, 1.165) is 55.7 Å². The van der Waals surface area contributed by atoms with E-state index in [2.05, 4.69) is 234 Å². The normalized spacial score (nSPS) is 13.3. The summed E-state index contributed by atoms with van der Waals surface area (Å²) in [5.41, 5.74) is 18.3. The van der Waals surface area contributed by atoms with E-state index in [-0.39, 0.29) is 0 Å². The second-order valence-corrected chi connectivity index (χ2v) is 17.9. The Morgan fingerprint density at radius 3 is 1.79 bits per heavy atom. The van der Waals surface area contributed by atoms with E-state index in [1.54, 1.807) is 0 Å². The van der Waals surface area contributed by atoms with Gasteiger partial charge >= 0.3 is 0 Å². The summed E-state index contributed by atoms with van der Waals surface area (Å²) in [5.74, 6) is 0. The van der Waals surface area contributed by atoms with Gasteiger partial charge in [0.25, 0.3) is 0 Å². The van der Waals surface area contributed by atoms with E-state index < -0.39 is 5.41 Å². The molecular weight excluding hydrogens is 801 g/mol. The first-order valence-electron chi connectivity index (χ1n) is 22.8. The van der Waals surface area contributed by atoms with Gasteiger partial charge in [-0.15, -0.1) is 0 Å². The average molecular weight is 839 g/mol. The molecule has 2 heterocycles. The summed E-state index contributed by atoms with van der Waals surface area (Å²) in [6, 6.07) is 85.4. The van der Waals surface area contributed by atoms with Crippen molar-refractivity contribution in [2.24, 2.45) is 0 Å². The summed E-state index contributed by atoms with van der Waals surface area (Å²) < 4.78 is 8.89. The Kier molecular flexibility index (Phi) is 7.15. The van der Waals surface area contributed by atoms with Crippen molar-refractivity contribution in [3.8, 4) is 27.9 Å². The number of rotatable bonds is 4. The van der Waals surface area contributed by atoms with E-state index in [0.29, 0.717) is 0 Å². The largest absolute Gasteiger partial charge is 0.456 e. The summed E-state index contributed by atoms with van der Waals surface area (Å²) in [4.78, 5) is 2.49. The van der Waals surface area contributed by atoms with Gasteiger partial charge in [-0.1, -0.05) is 170 Å². The average Bonchev–Trinajstić information content (AvgIpc) is 4.02. The van der Waals surface area contributed by atoms with E-state index in [9.17, 15) is 0 Å². The van der Waals surface area contributed by atoms with Crippen LogP contribution in [0.2, 0.25) is 0 Å². The second kappa shape index (κ2) is 13.2. The first kappa shape index (κ1) is 35.8. The molecule has 306 valence electrons. The molecular formula is C63H38N2O. The molecule has 0 fully saturated rings. The Bertz CT molecular complexity index is 4150. The molecule has 2 aliphatic rings. The highest BCUT2D eigenvalue weighted by Crippen LogP contribution is 2.62. The van der Waals surface area contributed by atoms with E-state index >= 15 is 0 Å². The molecule has 66 heavy (non-hydrogen) atoms. The van der Waals surface area contributed by atoms with Crippen molar-refractivity contribution in [2.45, 2.75) is 5.41 Å². The number of aromatic nitrogens is 1. The number of fused-ring (bicyclic) bond motifs is 16. The molecule has 0 aliphatic heterocycles. The Hall–Kier alpha value is -8.66. The SMILES string of the molecule is c1ccc2c(c1)-c1ccccc1C21c2cc(N(c3ccc4c5ccccc5n(-c5ccc6c(c5)oc5ccccc56)c4c3)c3cccc4ccccc34)ccc2-c2cccc3cccc1c23. The summed E-state index contributed by atoms with van der Waals surface area (Å²) >= 11 is 0. The smallest absolute Gasteiger partial charge is 0.137 e. The summed E-state index contributed by atoms with van der Waals surface area (Å²) in [5, 5.41) is 9.64. The Labute approximate surface area is 380 Å². The van der Waals surface area contributed by atoms with Crippen LogP contribution in [0.4, 0.5) is 17.1 Å². The van der Waals surface area contributed by atoms with Crippen molar-refractivity contribution in [1.82, 2.24) is 4.57 Å². The van der Waals surface area contributed by atoms with Crippen LogP contribution in [0.3, 0.4) is 0 Å². The number of furan rings is 1. The quantitative estimate of drug-likeness (QED) is 0.176. The number of anilines is 3. The molecule has 3 heteroatoms. The first-order chi connectivity index (χ1) is 32.7. The molecule has 2 aromatic heterocycles. The molecule has 0 saturated heterocycles. The monoisotopic (exact) mass is 838 g/mol.